The monoisotopic (exact) mass is 256 g/mol. The Kier molecular flexibility index (Phi) is 6.61. The third kappa shape index (κ3) is 4.52. The van der Waals surface area contributed by atoms with E-state index in [1.165, 1.54) is 25.9 Å². The van der Waals surface area contributed by atoms with Crippen molar-refractivity contribution in [3.8, 4) is 0 Å². The van der Waals surface area contributed by atoms with Gasteiger partial charge >= 0.3 is 0 Å². The topological polar surface area (TPSA) is 26.7 Å². The lowest BCUT2D eigenvalue weighted by molar-refractivity contribution is 0.0793. The van der Waals surface area contributed by atoms with Gasteiger partial charge in [0, 0.05) is 31.2 Å². The maximum absolute atomic E-state index is 9.59. The van der Waals surface area contributed by atoms with Crippen LogP contribution < -0.4 is 0 Å². The number of aliphatic hydroxyl groups is 1. The van der Waals surface area contributed by atoms with Crippen LogP contribution in [0.1, 0.15) is 46.5 Å². The van der Waals surface area contributed by atoms with Crippen molar-refractivity contribution in [3.05, 3.63) is 0 Å². The van der Waals surface area contributed by atoms with Gasteiger partial charge in [-0.2, -0.15) is 0 Å². The highest BCUT2D eigenvalue weighted by Crippen LogP contribution is 2.25. The third-order valence-electron chi connectivity index (χ3n) is 4.31. The summed E-state index contributed by atoms with van der Waals surface area (Å²) in [5.74, 6) is 0. The first kappa shape index (κ1) is 15.9. The Labute approximate surface area is 113 Å². The summed E-state index contributed by atoms with van der Waals surface area (Å²) in [4.78, 5) is 5.01. The minimum atomic E-state index is 0.0686. The van der Waals surface area contributed by atoms with Crippen LogP contribution in [-0.2, 0) is 0 Å². The second-order valence-electron chi connectivity index (χ2n) is 6.34. The smallest absolute Gasteiger partial charge is 0.0497 e. The minimum absolute atomic E-state index is 0.0686. The zero-order chi connectivity index (χ0) is 13.6. The van der Waals surface area contributed by atoms with Crippen molar-refractivity contribution in [2.24, 2.45) is 5.41 Å². The van der Waals surface area contributed by atoms with Crippen LogP contribution in [0.5, 0.6) is 0 Å². The summed E-state index contributed by atoms with van der Waals surface area (Å²) >= 11 is 0. The Morgan fingerprint density at radius 1 is 1.39 bits per heavy atom. The van der Waals surface area contributed by atoms with E-state index >= 15 is 0 Å². The maximum atomic E-state index is 9.59. The number of likely N-dealkylation sites (N-methyl/N-ethyl adjacent to an activating group) is 2. The van der Waals surface area contributed by atoms with E-state index in [0.29, 0.717) is 6.61 Å². The molecule has 108 valence electrons. The molecule has 1 heterocycles. The van der Waals surface area contributed by atoms with Gasteiger partial charge in [-0.1, -0.05) is 27.2 Å². The van der Waals surface area contributed by atoms with Crippen molar-refractivity contribution in [1.82, 2.24) is 9.80 Å². The van der Waals surface area contributed by atoms with Crippen molar-refractivity contribution in [2.45, 2.75) is 52.5 Å². The summed E-state index contributed by atoms with van der Waals surface area (Å²) in [5.41, 5.74) is 0.0686. The molecule has 2 unspecified atom stereocenters. The van der Waals surface area contributed by atoms with Crippen molar-refractivity contribution in [3.63, 3.8) is 0 Å². The molecule has 0 bridgehead atoms. The van der Waals surface area contributed by atoms with Crippen LogP contribution in [0.2, 0.25) is 0 Å². The highest BCUT2D eigenvalue weighted by Gasteiger charge is 2.28. The molecule has 1 aliphatic rings. The lowest BCUT2D eigenvalue weighted by Gasteiger charge is -2.34. The Morgan fingerprint density at radius 2 is 2.11 bits per heavy atom. The Bertz CT molecular complexity index is 235. The third-order valence-corrected chi connectivity index (χ3v) is 4.31. The maximum Gasteiger partial charge on any atom is 0.0497 e. The molecule has 3 nitrogen and oxygen atoms in total. The summed E-state index contributed by atoms with van der Waals surface area (Å²) in [5, 5.41) is 9.59. The lowest BCUT2D eigenvalue weighted by Crippen LogP contribution is -2.43. The molecule has 0 aromatic carbocycles. The molecule has 1 saturated heterocycles. The Morgan fingerprint density at radius 3 is 2.67 bits per heavy atom. The van der Waals surface area contributed by atoms with Crippen molar-refractivity contribution in [1.29, 1.82) is 0 Å². The molecule has 1 aliphatic heterocycles. The van der Waals surface area contributed by atoms with Crippen LogP contribution in [-0.4, -0.2) is 60.8 Å². The lowest BCUT2D eigenvalue weighted by atomic mass is 9.86. The molecule has 0 aliphatic carbocycles. The molecule has 1 rings (SSSR count). The van der Waals surface area contributed by atoms with E-state index < -0.39 is 0 Å². The molecule has 0 aromatic heterocycles. The molecule has 2 atom stereocenters. The molecule has 3 heteroatoms. The molecule has 18 heavy (non-hydrogen) atoms. The average molecular weight is 256 g/mol. The fourth-order valence-corrected chi connectivity index (χ4v) is 3.41. The summed E-state index contributed by atoms with van der Waals surface area (Å²) in [6.07, 6.45) is 4.94. The van der Waals surface area contributed by atoms with Crippen LogP contribution in [0.4, 0.5) is 0 Å². The highest BCUT2D eigenvalue weighted by atomic mass is 16.3. The number of rotatable bonds is 8. The Balaban J connectivity index is 2.42. The van der Waals surface area contributed by atoms with Gasteiger partial charge in [-0.25, -0.2) is 0 Å². The normalized spacial score (nSPS) is 24.7. The van der Waals surface area contributed by atoms with Gasteiger partial charge in [0.1, 0.15) is 0 Å². The quantitative estimate of drug-likeness (QED) is 0.721. The molecule has 1 N–H and O–H groups in total. The van der Waals surface area contributed by atoms with Crippen molar-refractivity contribution in [2.75, 3.05) is 39.8 Å². The SMILES string of the molecule is CCCC(C)(CO)CN(C)CC1CCCN1CC. The van der Waals surface area contributed by atoms with E-state index in [4.69, 9.17) is 0 Å². The van der Waals surface area contributed by atoms with Gasteiger partial charge in [0.2, 0.25) is 0 Å². The van der Waals surface area contributed by atoms with Gasteiger partial charge in [-0.05, 0) is 39.4 Å². The largest absolute Gasteiger partial charge is 0.396 e. The number of hydrogen-bond donors (Lipinski definition) is 1. The first-order valence-electron chi connectivity index (χ1n) is 7.58. The molecular formula is C15H32N2O. The number of aliphatic hydroxyl groups excluding tert-OH is 1. The predicted molar refractivity (Wildman–Crippen MR) is 77.9 cm³/mol. The van der Waals surface area contributed by atoms with E-state index in [2.05, 4.69) is 37.6 Å². The number of likely N-dealkylation sites (tertiary alicyclic amines) is 1. The Hall–Kier alpha value is -0.120. The van der Waals surface area contributed by atoms with Gasteiger partial charge < -0.3 is 10.0 Å². The fraction of sp³-hybridized carbons (Fsp3) is 1.00. The van der Waals surface area contributed by atoms with E-state index in [-0.39, 0.29) is 5.41 Å². The van der Waals surface area contributed by atoms with E-state index in [1.807, 2.05) is 0 Å². The van der Waals surface area contributed by atoms with Crippen molar-refractivity contribution >= 4 is 0 Å². The van der Waals surface area contributed by atoms with E-state index in [9.17, 15) is 5.11 Å². The van der Waals surface area contributed by atoms with E-state index in [0.717, 1.165) is 32.0 Å². The van der Waals surface area contributed by atoms with Gasteiger partial charge in [-0.15, -0.1) is 0 Å². The van der Waals surface area contributed by atoms with Crippen LogP contribution in [0.25, 0.3) is 0 Å². The summed E-state index contributed by atoms with van der Waals surface area (Å²) < 4.78 is 0. The fourth-order valence-electron chi connectivity index (χ4n) is 3.41. The van der Waals surface area contributed by atoms with Crippen molar-refractivity contribution < 1.29 is 5.11 Å². The number of nitrogens with zero attached hydrogens (tertiary/aromatic N) is 2. The van der Waals surface area contributed by atoms with Gasteiger partial charge in [0.25, 0.3) is 0 Å². The van der Waals surface area contributed by atoms with Gasteiger partial charge in [0.15, 0.2) is 0 Å². The molecule has 0 radical (unpaired) electrons. The van der Waals surface area contributed by atoms with Crippen LogP contribution >= 0.6 is 0 Å². The second kappa shape index (κ2) is 7.46. The zero-order valence-corrected chi connectivity index (χ0v) is 12.8. The summed E-state index contributed by atoms with van der Waals surface area (Å²) in [6, 6.07) is 0.726. The highest BCUT2D eigenvalue weighted by molar-refractivity contribution is 4.83. The first-order valence-corrected chi connectivity index (χ1v) is 7.58. The molecule has 0 aromatic rings. The average Bonchev–Trinajstić information content (AvgIpc) is 2.76. The van der Waals surface area contributed by atoms with E-state index in [1.54, 1.807) is 0 Å². The van der Waals surface area contributed by atoms with Crippen LogP contribution in [0, 0.1) is 5.41 Å². The number of hydrogen-bond acceptors (Lipinski definition) is 3. The standard InChI is InChI=1S/C15H32N2O/c1-5-9-15(3,13-18)12-16(4)11-14-8-7-10-17(14)6-2/h14,18H,5-13H2,1-4H3. The van der Waals surface area contributed by atoms with Gasteiger partial charge in [0.05, 0.1) is 0 Å². The minimum Gasteiger partial charge on any atom is -0.396 e. The van der Waals surface area contributed by atoms with Gasteiger partial charge in [-0.3, -0.25) is 4.90 Å². The summed E-state index contributed by atoms with van der Waals surface area (Å²) in [6.45, 7) is 11.5. The zero-order valence-electron chi connectivity index (χ0n) is 12.8. The second-order valence-corrected chi connectivity index (χ2v) is 6.34. The predicted octanol–water partition coefficient (Wildman–Crippen LogP) is 2.20. The molecule has 0 spiro atoms. The molecular weight excluding hydrogens is 224 g/mol. The molecule has 0 amide bonds. The molecule has 1 fully saturated rings. The summed E-state index contributed by atoms with van der Waals surface area (Å²) in [7, 11) is 2.20. The van der Waals surface area contributed by atoms with Crippen LogP contribution in [0.15, 0.2) is 0 Å². The van der Waals surface area contributed by atoms with Crippen LogP contribution in [0.3, 0.4) is 0 Å². The molecule has 0 saturated carbocycles. The first-order chi connectivity index (χ1) is 8.54.